The van der Waals surface area contributed by atoms with Crippen molar-refractivity contribution < 1.29 is 0 Å². The highest BCUT2D eigenvalue weighted by molar-refractivity contribution is 9.10. The molecule has 0 aliphatic rings. The predicted octanol–water partition coefficient (Wildman–Crippen LogP) is 4.54. The van der Waals surface area contributed by atoms with Crippen molar-refractivity contribution in [3.05, 3.63) is 51.8 Å². The lowest BCUT2D eigenvalue weighted by molar-refractivity contribution is 0.802. The monoisotopic (exact) mass is 349 g/mol. The molecule has 20 heavy (non-hydrogen) atoms. The zero-order valence-corrected chi connectivity index (χ0v) is 13.5. The van der Waals surface area contributed by atoms with Crippen LogP contribution >= 0.6 is 27.5 Å². The maximum Gasteiger partial charge on any atom is 0.158 e. The maximum absolute atomic E-state index is 6.09. The Bertz CT molecular complexity index is 795. The van der Waals surface area contributed by atoms with Gasteiger partial charge in [0.05, 0.1) is 27.3 Å². The minimum absolute atomic E-state index is 0.406. The van der Waals surface area contributed by atoms with Crippen molar-refractivity contribution in [2.45, 2.75) is 19.7 Å². The van der Waals surface area contributed by atoms with Gasteiger partial charge in [-0.25, -0.2) is 9.67 Å². The van der Waals surface area contributed by atoms with Gasteiger partial charge in [-0.3, -0.25) is 0 Å². The van der Waals surface area contributed by atoms with Gasteiger partial charge in [0.1, 0.15) is 0 Å². The highest BCUT2D eigenvalue weighted by atomic mass is 79.9. The summed E-state index contributed by atoms with van der Waals surface area (Å²) in [4.78, 5) is 4.73. The normalized spacial score (nSPS) is 11.2. The van der Waals surface area contributed by atoms with E-state index in [9.17, 15) is 0 Å². The molecule has 0 amide bonds. The molecule has 0 aliphatic heterocycles. The Morgan fingerprint density at radius 3 is 2.65 bits per heavy atom. The van der Waals surface area contributed by atoms with E-state index in [1.165, 1.54) is 0 Å². The lowest BCUT2D eigenvalue weighted by Crippen LogP contribution is -2.06. The van der Waals surface area contributed by atoms with Crippen LogP contribution in [0.4, 0.5) is 0 Å². The minimum atomic E-state index is 0.406. The number of halogens is 2. The first-order valence-corrected chi connectivity index (χ1v) is 7.61. The van der Waals surface area contributed by atoms with E-state index in [-0.39, 0.29) is 0 Å². The second-order valence-electron chi connectivity index (χ2n) is 4.69. The molecule has 2 heterocycles. The number of aromatic nitrogens is 3. The molecule has 0 saturated carbocycles. The number of alkyl halides is 1. The molecule has 0 aliphatic carbocycles. The minimum Gasteiger partial charge on any atom is -0.228 e. The zero-order chi connectivity index (χ0) is 14.3. The second kappa shape index (κ2) is 5.19. The van der Waals surface area contributed by atoms with Crippen molar-refractivity contribution in [3.63, 3.8) is 0 Å². The smallest absolute Gasteiger partial charge is 0.158 e. The number of fused-ring (bicyclic) bond motifs is 1. The Morgan fingerprint density at radius 2 is 2.00 bits per heavy atom. The summed E-state index contributed by atoms with van der Waals surface area (Å²) in [6.45, 7) is 3.98. The van der Waals surface area contributed by atoms with Crippen LogP contribution in [-0.2, 0) is 5.88 Å². The number of nitrogens with zero attached hydrogens (tertiary/aromatic N) is 3. The largest absolute Gasteiger partial charge is 0.228 e. The molecule has 0 fully saturated rings. The summed E-state index contributed by atoms with van der Waals surface area (Å²) in [7, 11) is 0. The SMILES string of the molecule is Cc1nn(-c2nc3ccccc3cc2CCl)c(C)c1Br. The van der Waals surface area contributed by atoms with Gasteiger partial charge in [0.15, 0.2) is 5.82 Å². The van der Waals surface area contributed by atoms with Gasteiger partial charge in [-0.15, -0.1) is 11.6 Å². The fourth-order valence-corrected chi connectivity index (χ4v) is 2.71. The Hall–Kier alpha value is -1.39. The van der Waals surface area contributed by atoms with Crippen LogP contribution in [0.2, 0.25) is 0 Å². The molecule has 5 heteroatoms. The second-order valence-corrected chi connectivity index (χ2v) is 5.75. The highest BCUT2D eigenvalue weighted by Crippen LogP contribution is 2.26. The van der Waals surface area contributed by atoms with E-state index < -0.39 is 0 Å². The maximum atomic E-state index is 6.09. The Balaban J connectivity index is 2.31. The standard InChI is InChI=1S/C15H13BrClN3/c1-9-14(16)10(2)20(19-9)15-12(8-17)7-11-5-3-4-6-13(11)18-15/h3-7H,8H2,1-2H3. The molecule has 0 spiro atoms. The van der Waals surface area contributed by atoms with E-state index in [1.807, 2.05) is 42.8 Å². The molecule has 0 radical (unpaired) electrons. The lowest BCUT2D eigenvalue weighted by Gasteiger charge is -2.10. The van der Waals surface area contributed by atoms with E-state index in [2.05, 4.69) is 27.1 Å². The Labute approximate surface area is 130 Å². The molecular weight excluding hydrogens is 338 g/mol. The Kier molecular flexibility index (Phi) is 3.52. The topological polar surface area (TPSA) is 30.7 Å². The summed E-state index contributed by atoms with van der Waals surface area (Å²) in [6, 6.07) is 10.1. The number of aryl methyl sites for hydroxylation is 1. The fourth-order valence-electron chi connectivity index (χ4n) is 2.26. The molecule has 3 nitrogen and oxygen atoms in total. The first-order chi connectivity index (χ1) is 9.61. The molecule has 0 saturated heterocycles. The zero-order valence-electron chi connectivity index (χ0n) is 11.2. The molecule has 1 aromatic carbocycles. The lowest BCUT2D eigenvalue weighted by atomic mass is 10.1. The average molecular weight is 351 g/mol. The summed E-state index contributed by atoms with van der Waals surface area (Å²) < 4.78 is 2.86. The first kappa shape index (κ1) is 13.6. The van der Waals surface area contributed by atoms with E-state index in [1.54, 1.807) is 0 Å². The van der Waals surface area contributed by atoms with Gasteiger partial charge in [-0.05, 0) is 41.9 Å². The van der Waals surface area contributed by atoms with Crippen LogP contribution in [0.5, 0.6) is 0 Å². The summed E-state index contributed by atoms with van der Waals surface area (Å²) >= 11 is 9.64. The van der Waals surface area contributed by atoms with Crippen molar-refractivity contribution in [2.75, 3.05) is 0 Å². The number of benzene rings is 1. The van der Waals surface area contributed by atoms with Gasteiger partial charge in [-0.2, -0.15) is 5.10 Å². The van der Waals surface area contributed by atoms with Crippen LogP contribution in [0.15, 0.2) is 34.8 Å². The van der Waals surface area contributed by atoms with Crippen LogP contribution in [0, 0.1) is 13.8 Å². The van der Waals surface area contributed by atoms with Crippen molar-refractivity contribution in [1.29, 1.82) is 0 Å². The highest BCUT2D eigenvalue weighted by Gasteiger charge is 2.15. The molecule has 0 unspecified atom stereocenters. The third-order valence-electron chi connectivity index (χ3n) is 3.33. The molecule has 2 aromatic heterocycles. The van der Waals surface area contributed by atoms with Crippen molar-refractivity contribution in [3.8, 4) is 5.82 Å². The molecule has 102 valence electrons. The number of pyridine rings is 1. The van der Waals surface area contributed by atoms with Gasteiger partial charge in [-0.1, -0.05) is 18.2 Å². The summed E-state index contributed by atoms with van der Waals surface area (Å²) in [5.41, 5.74) is 3.89. The quantitative estimate of drug-likeness (QED) is 0.635. The van der Waals surface area contributed by atoms with Crippen LogP contribution in [0.3, 0.4) is 0 Å². The van der Waals surface area contributed by atoms with Gasteiger partial charge in [0.25, 0.3) is 0 Å². The fraction of sp³-hybridized carbons (Fsp3) is 0.200. The van der Waals surface area contributed by atoms with Crippen LogP contribution in [-0.4, -0.2) is 14.8 Å². The Morgan fingerprint density at radius 1 is 1.25 bits per heavy atom. The van der Waals surface area contributed by atoms with Gasteiger partial charge in [0.2, 0.25) is 0 Å². The van der Waals surface area contributed by atoms with E-state index in [0.717, 1.165) is 38.1 Å². The molecular formula is C15H13BrClN3. The number of rotatable bonds is 2. The van der Waals surface area contributed by atoms with Crippen molar-refractivity contribution >= 4 is 38.4 Å². The molecule has 0 atom stereocenters. The molecule has 3 rings (SSSR count). The van der Waals surface area contributed by atoms with Gasteiger partial charge in [0, 0.05) is 10.9 Å². The van der Waals surface area contributed by atoms with E-state index in [4.69, 9.17) is 16.6 Å². The number of para-hydroxylation sites is 1. The molecule has 0 N–H and O–H groups in total. The molecule has 3 aromatic rings. The van der Waals surface area contributed by atoms with E-state index >= 15 is 0 Å². The average Bonchev–Trinajstić information content (AvgIpc) is 2.73. The van der Waals surface area contributed by atoms with Crippen molar-refractivity contribution in [1.82, 2.24) is 14.8 Å². The van der Waals surface area contributed by atoms with Crippen molar-refractivity contribution in [2.24, 2.45) is 0 Å². The third-order valence-corrected chi connectivity index (χ3v) is 4.76. The van der Waals surface area contributed by atoms with Gasteiger partial charge < -0.3 is 0 Å². The summed E-state index contributed by atoms with van der Waals surface area (Å²) in [5.74, 6) is 1.20. The van der Waals surface area contributed by atoms with Crippen LogP contribution in [0.25, 0.3) is 16.7 Å². The predicted molar refractivity (Wildman–Crippen MR) is 85.6 cm³/mol. The number of hydrogen-bond acceptors (Lipinski definition) is 2. The van der Waals surface area contributed by atoms with Crippen LogP contribution in [0.1, 0.15) is 17.0 Å². The number of hydrogen-bond donors (Lipinski definition) is 0. The molecule has 0 bridgehead atoms. The van der Waals surface area contributed by atoms with E-state index in [0.29, 0.717) is 5.88 Å². The summed E-state index contributed by atoms with van der Waals surface area (Å²) in [6.07, 6.45) is 0. The van der Waals surface area contributed by atoms with Gasteiger partial charge >= 0.3 is 0 Å². The first-order valence-electron chi connectivity index (χ1n) is 6.28. The third kappa shape index (κ3) is 2.13. The van der Waals surface area contributed by atoms with Crippen LogP contribution < -0.4 is 0 Å². The summed E-state index contributed by atoms with van der Waals surface area (Å²) in [5, 5.41) is 5.63.